The Morgan fingerprint density at radius 1 is 1.21 bits per heavy atom. The standard InChI is InChI=1S/C16H13ClFN5O/c17-13-9-11(18)1-2-12(13)16(24)23-7-5-22(6-8-23)15-14(10-19)20-3-4-21-15/h1-4,9H,5-8H2. The summed E-state index contributed by atoms with van der Waals surface area (Å²) >= 11 is 5.96. The highest BCUT2D eigenvalue weighted by atomic mass is 35.5. The monoisotopic (exact) mass is 345 g/mol. The summed E-state index contributed by atoms with van der Waals surface area (Å²) in [6, 6.07) is 5.75. The number of anilines is 1. The normalized spacial score (nSPS) is 14.4. The Labute approximate surface area is 143 Å². The van der Waals surface area contributed by atoms with Crippen LogP contribution >= 0.6 is 11.6 Å². The van der Waals surface area contributed by atoms with Gasteiger partial charge in [-0.1, -0.05) is 11.6 Å². The van der Waals surface area contributed by atoms with Crippen molar-refractivity contribution in [1.29, 1.82) is 5.26 Å². The van der Waals surface area contributed by atoms with Crippen LogP contribution in [0.15, 0.2) is 30.6 Å². The second-order valence-corrected chi connectivity index (χ2v) is 5.65. The molecule has 1 aliphatic rings. The molecule has 1 fully saturated rings. The fourth-order valence-electron chi connectivity index (χ4n) is 2.60. The number of benzene rings is 1. The maximum atomic E-state index is 13.1. The van der Waals surface area contributed by atoms with E-state index in [0.717, 1.165) is 6.07 Å². The minimum absolute atomic E-state index is 0.100. The molecule has 1 aromatic carbocycles. The molecule has 122 valence electrons. The van der Waals surface area contributed by atoms with Crippen molar-refractivity contribution in [2.24, 2.45) is 0 Å². The van der Waals surface area contributed by atoms with E-state index in [1.54, 1.807) is 4.90 Å². The summed E-state index contributed by atoms with van der Waals surface area (Å²) in [4.78, 5) is 24.3. The Morgan fingerprint density at radius 3 is 2.58 bits per heavy atom. The number of piperazine rings is 1. The van der Waals surface area contributed by atoms with Crippen molar-refractivity contribution in [2.75, 3.05) is 31.1 Å². The third-order valence-corrected chi connectivity index (χ3v) is 4.13. The lowest BCUT2D eigenvalue weighted by molar-refractivity contribution is 0.0746. The molecule has 1 amide bonds. The summed E-state index contributed by atoms with van der Waals surface area (Å²) in [6.45, 7) is 1.96. The van der Waals surface area contributed by atoms with Gasteiger partial charge in [0.1, 0.15) is 11.9 Å². The second-order valence-electron chi connectivity index (χ2n) is 5.24. The van der Waals surface area contributed by atoms with Gasteiger partial charge in [-0.25, -0.2) is 14.4 Å². The summed E-state index contributed by atoms with van der Waals surface area (Å²) in [6.07, 6.45) is 3.00. The lowest BCUT2D eigenvalue weighted by Gasteiger charge is -2.35. The van der Waals surface area contributed by atoms with Gasteiger partial charge in [-0.15, -0.1) is 0 Å². The first-order valence-electron chi connectivity index (χ1n) is 7.30. The van der Waals surface area contributed by atoms with E-state index in [1.165, 1.54) is 24.5 Å². The average molecular weight is 346 g/mol. The molecule has 1 aliphatic heterocycles. The van der Waals surface area contributed by atoms with Crippen LogP contribution in [0.5, 0.6) is 0 Å². The number of amides is 1. The van der Waals surface area contributed by atoms with E-state index in [0.29, 0.717) is 32.0 Å². The zero-order chi connectivity index (χ0) is 17.1. The maximum absolute atomic E-state index is 13.1. The molecule has 0 N–H and O–H groups in total. The average Bonchev–Trinajstić information content (AvgIpc) is 2.61. The molecule has 3 rings (SSSR count). The second kappa shape index (κ2) is 6.81. The lowest BCUT2D eigenvalue weighted by Crippen LogP contribution is -2.49. The van der Waals surface area contributed by atoms with Crippen molar-refractivity contribution in [1.82, 2.24) is 14.9 Å². The van der Waals surface area contributed by atoms with Gasteiger partial charge in [0.05, 0.1) is 10.6 Å². The minimum atomic E-state index is -0.479. The molecule has 0 radical (unpaired) electrons. The predicted molar refractivity (Wildman–Crippen MR) is 86.3 cm³/mol. The Morgan fingerprint density at radius 2 is 1.92 bits per heavy atom. The van der Waals surface area contributed by atoms with Crippen LogP contribution in [0.3, 0.4) is 0 Å². The van der Waals surface area contributed by atoms with Gasteiger partial charge in [0.2, 0.25) is 0 Å². The molecule has 0 bridgehead atoms. The number of halogens is 2. The molecule has 2 aromatic rings. The molecule has 1 aromatic heterocycles. The van der Waals surface area contributed by atoms with Gasteiger partial charge in [0, 0.05) is 38.6 Å². The number of hydrogen-bond donors (Lipinski definition) is 0. The zero-order valence-corrected chi connectivity index (χ0v) is 13.4. The van der Waals surface area contributed by atoms with Crippen molar-refractivity contribution in [3.8, 4) is 6.07 Å². The summed E-state index contributed by atoms with van der Waals surface area (Å²) in [7, 11) is 0. The van der Waals surface area contributed by atoms with Crippen molar-refractivity contribution in [3.63, 3.8) is 0 Å². The molecule has 8 heteroatoms. The Balaban J connectivity index is 1.71. The molecule has 0 saturated carbocycles. The predicted octanol–water partition coefficient (Wildman–Crippen LogP) is 2.10. The van der Waals surface area contributed by atoms with Gasteiger partial charge in [0.15, 0.2) is 11.5 Å². The van der Waals surface area contributed by atoms with E-state index in [1.807, 2.05) is 11.0 Å². The van der Waals surface area contributed by atoms with E-state index in [-0.39, 0.29) is 22.2 Å². The SMILES string of the molecule is N#Cc1nccnc1N1CCN(C(=O)c2ccc(F)cc2Cl)CC1. The van der Waals surface area contributed by atoms with E-state index in [2.05, 4.69) is 9.97 Å². The van der Waals surface area contributed by atoms with Gasteiger partial charge in [-0.3, -0.25) is 4.79 Å². The number of carbonyl (C=O) groups is 1. The minimum Gasteiger partial charge on any atom is -0.351 e. The van der Waals surface area contributed by atoms with Gasteiger partial charge in [0.25, 0.3) is 5.91 Å². The molecular weight excluding hydrogens is 333 g/mol. The van der Waals surface area contributed by atoms with Crippen molar-refractivity contribution in [2.45, 2.75) is 0 Å². The third kappa shape index (κ3) is 3.14. The van der Waals surface area contributed by atoms with Crippen LogP contribution in [0.25, 0.3) is 0 Å². The van der Waals surface area contributed by atoms with Crippen molar-refractivity contribution in [3.05, 3.63) is 52.7 Å². The first kappa shape index (κ1) is 16.1. The molecule has 0 unspecified atom stereocenters. The van der Waals surface area contributed by atoms with Crippen molar-refractivity contribution < 1.29 is 9.18 Å². The van der Waals surface area contributed by atoms with Gasteiger partial charge in [-0.05, 0) is 18.2 Å². The maximum Gasteiger partial charge on any atom is 0.255 e. The fraction of sp³-hybridized carbons (Fsp3) is 0.250. The van der Waals surface area contributed by atoms with Crippen LogP contribution in [0.1, 0.15) is 16.1 Å². The van der Waals surface area contributed by atoms with Crippen LogP contribution in [0.2, 0.25) is 5.02 Å². The molecule has 0 aliphatic carbocycles. The third-order valence-electron chi connectivity index (χ3n) is 3.81. The number of aromatic nitrogens is 2. The first-order chi connectivity index (χ1) is 11.6. The molecule has 6 nitrogen and oxygen atoms in total. The number of nitriles is 1. The smallest absolute Gasteiger partial charge is 0.255 e. The summed E-state index contributed by atoms with van der Waals surface area (Å²) in [5.74, 6) is -0.195. The van der Waals surface area contributed by atoms with Crippen LogP contribution in [0.4, 0.5) is 10.2 Å². The number of hydrogen-bond acceptors (Lipinski definition) is 5. The molecule has 1 saturated heterocycles. The highest BCUT2D eigenvalue weighted by molar-refractivity contribution is 6.33. The van der Waals surface area contributed by atoms with Gasteiger partial charge in [-0.2, -0.15) is 5.26 Å². The number of rotatable bonds is 2. The van der Waals surface area contributed by atoms with Crippen molar-refractivity contribution >= 4 is 23.3 Å². The van der Waals surface area contributed by atoms with Gasteiger partial charge >= 0.3 is 0 Å². The van der Waals surface area contributed by atoms with E-state index in [9.17, 15) is 9.18 Å². The quantitative estimate of drug-likeness (QED) is 0.833. The molecule has 0 spiro atoms. The van der Waals surface area contributed by atoms with E-state index < -0.39 is 5.82 Å². The Kier molecular flexibility index (Phi) is 4.58. The van der Waals surface area contributed by atoms with Gasteiger partial charge < -0.3 is 9.80 Å². The Hall–Kier alpha value is -2.72. The number of nitrogens with zero attached hydrogens (tertiary/aromatic N) is 5. The van der Waals surface area contributed by atoms with Crippen LogP contribution in [-0.2, 0) is 0 Å². The molecular formula is C16H13ClFN5O. The Bertz CT molecular complexity index is 814. The van der Waals surface area contributed by atoms with Crippen LogP contribution < -0.4 is 4.90 Å². The van der Waals surface area contributed by atoms with E-state index >= 15 is 0 Å². The fourth-order valence-corrected chi connectivity index (χ4v) is 2.84. The first-order valence-corrected chi connectivity index (χ1v) is 7.68. The molecule has 2 heterocycles. The van der Waals surface area contributed by atoms with Crippen LogP contribution in [0, 0.1) is 17.1 Å². The largest absolute Gasteiger partial charge is 0.351 e. The van der Waals surface area contributed by atoms with Crippen LogP contribution in [-0.4, -0.2) is 47.0 Å². The summed E-state index contributed by atoms with van der Waals surface area (Å²) < 4.78 is 13.1. The molecule has 0 atom stereocenters. The summed E-state index contributed by atoms with van der Waals surface area (Å²) in [5.41, 5.74) is 0.544. The van der Waals surface area contributed by atoms with E-state index in [4.69, 9.17) is 16.9 Å². The highest BCUT2D eigenvalue weighted by Crippen LogP contribution is 2.21. The lowest BCUT2D eigenvalue weighted by atomic mass is 10.1. The number of carbonyl (C=O) groups excluding carboxylic acids is 1. The highest BCUT2D eigenvalue weighted by Gasteiger charge is 2.25. The topological polar surface area (TPSA) is 73.1 Å². The molecule has 24 heavy (non-hydrogen) atoms. The summed E-state index contributed by atoms with van der Waals surface area (Å²) in [5, 5.41) is 9.20. The zero-order valence-electron chi connectivity index (χ0n) is 12.6.